The van der Waals surface area contributed by atoms with E-state index in [1.54, 1.807) is 0 Å². The van der Waals surface area contributed by atoms with E-state index in [0.29, 0.717) is 0 Å². The van der Waals surface area contributed by atoms with Gasteiger partial charge >= 0.3 is 30.7 Å². The summed E-state index contributed by atoms with van der Waals surface area (Å²) >= 11 is 0. The average molecular weight is 395 g/mol. The van der Waals surface area contributed by atoms with Gasteiger partial charge in [0.05, 0.1) is 6.42 Å². The summed E-state index contributed by atoms with van der Waals surface area (Å²) in [6.45, 7) is 2.81. The first kappa shape index (κ1) is 29.0. The van der Waals surface area contributed by atoms with Gasteiger partial charge in [0, 0.05) is 0 Å². The molecule has 2 aliphatic rings. The molecule has 133 valence electrons. The minimum atomic E-state index is -5.08. The number of hydrogen-bond acceptors (Lipinski definition) is 3. The quantitative estimate of drug-likeness (QED) is 0.729. The molecule has 0 spiro atoms. The zero-order chi connectivity index (χ0) is 19.0. The van der Waals surface area contributed by atoms with Gasteiger partial charge in [0.2, 0.25) is 0 Å². The van der Waals surface area contributed by atoms with E-state index < -0.39 is 12.1 Å². The molecule has 0 amide bonds. The first-order chi connectivity index (χ1) is 11.1. The number of hydrogen-bond donors (Lipinski definition) is 1. The molecule has 0 aromatic heterocycles. The zero-order valence-corrected chi connectivity index (χ0v) is 15.1. The zero-order valence-electron chi connectivity index (χ0n) is 13.7. The maximum absolute atomic E-state index is 10.6. The number of ketones is 2. The van der Waals surface area contributed by atoms with Crippen LogP contribution in [0.15, 0.2) is 0 Å². The minimum absolute atomic E-state index is 0. The molecule has 0 unspecified atom stereocenters. The van der Waals surface area contributed by atoms with Gasteiger partial charge in [0.15, 0.2) is 0 Å². The van der Waals surface area contributed by atoms with Crippen LogP contribution in [0, 0.1) is 64.2 Å². The SMILES string of the molecule is CC(=O)CC(C)=O.O=C(O)C(F)(F)F.[CH]1[CH][CH][CH][CH]1.[CH]1[CH][CH][CH][CH]1.[V+4]. The Morgan fingerprint density at radius 2 is 0.880 bits per heavy atom. The van der Waals surface area contributed by atoms with Crippen molar-refractivity contribution in [3.8, 4) is 0 Å². The van der Waals surface area contributed by atoms with Crippen LogP contribution < -0.4 is 0 Å². The molecule has 25 heavy (non-hydrogen) atoms. The van der Waals surface area contributed by atoms with Crippen molar-refractivity contribution in [2.75, 3.05) is 0 Å². The van der Waals surface area contributed by atoms with E-state index in [1.807, 2.05) is 64.2 Å². The molecule has 0 heterocycles. The van der Waals surface area contributed by atoms with E-state index in [2.05, 4.69) is 0 Å². The molecular formula is C17H19F3O4V+4. The number of rotatable bonds is 2. The Morgan fingerprint density at radius 3 is 0.920 bits per heavy atom. The molecule has 0 atom stereocenters. The topological polar surface area (TPSA) is 71.4 Å². The number of carbonyl (C=O) groups is 3. The summed E-state index contributed by atoms with van der Waals surface area (Å²) < 4.78 is 31.7. The molecule has 0 aromatic rings. The minimum Gasteiger partial charge on any atom is -0.475 e. The Morgan fingerprint density at radius 1 is 0.720 bits per heavy atom. The van der Waals surface area contributed by atoms with Gasteiger partial charge in [-0.3, -0.25) is 9.59 Å². The van der Waals surface area contributed by atoms with Crippen molar-refractivity contribution in [2.45, 2.75) is 26.4 Å². The van der Waals surface area contributed by atoms with Crippen molar-refractivity contribution in [2.24, 2.45) is 0 Å². The van der Waals surface area contributed by atoms with Gasteiger partial charge in [-0.2, -0.15) is 13.2 Å². The fourth-order valence-corrected chi connectivity index (χ4v) is 0.992. The van der Waals surface area contributed by atoms with Crippen molar-refractivity contribution in [3.05, 3.63) is 64.2 Å². The van der Waals surface area contributed by atoms with Crippen molar-refractivity contribution >= 4 is 17.5 Å². The van der Waals surface area contributed by atoms with E-state index >= 15 is 0 Å². The van der Waals surface area contributed by atoms with Crippen LogP contribution in [0.25, 0.3) is 0 Å². The van der Waals surface area contributed by atoms with E-state index in [9.17, 15) is 22.8 Å². The molecule has 4 nitrogen and oxygen atoms in total. The fourth-order valence-electron chi connectivity index (χ4n) is 0.992. The number of aliphatic carboxylic acids is 1. The smallest absolute Gasteiger partial charge is 0.475 e. The Balaban J connectivity index is -0.000000257. The standard InChI is InChI=1S/C5H8O2.2C5H5.C2HF3O2.V/c1-4(6)3-5(2)7;2*1-2-4-5-3-1;3-2(4,5)1(6)7;/h3H2,1-2H3;2*1-5H;(H,6,7);/q;;;;+4. The third kappa shape index (κ3) is 28.3. The molecule has 0 aromatic carbocycles. The second-order valence-electron chi connectivity index (χ2n) is 4.31. The van der Waals surface area contributed by atoms with Crippen LogP contribution in [0.1, 0.15) is 20.3 Å². The molecule has 0 bridgehead atoms. The van der Waals surface area contributed by atoms with Gasteiger partial charge in [-0.25, -0.2) is 4.79 Å². The van der Waals surface area contributed by atoms with Gasteiger partial charge in [-0.15, -0.1) is 0 Å². The number of Topliss-reactive ketones (excluding diaryl/α,β-unsaturated/α-hetero) is 2. The average Bonchev–Trinajstić information content (AvgIpc) is 3.16. The Labute approximate surface area is 159 Å². The van der Waals surface area contributed by atoms with Gasteiger partial charge in [-0.05, 0) is 78.1 Å². The molecule has 2 rings (SSSR count). The molecule has 0 aliphatic heterocycles. The Bertz CT molecular complexity index is 326. The monoisotopic (exact) mass is 395 g/mol. The largest absolute Gasteiger partial charge is 4.00 e. The third-order valence-electron chi connectivity index (χ3n) is 1.85. The summed E-state index contributed by atoms with van der Waals surface area (Å²) in [5.41, 5.74) is 0. The summed E-state index contributed by atoms with van der Waals surface area (Å²) in [5.74, 6) is -2.88. The Hall–Kier alpha value is -0.816. The van der Waals surface area contributed by atoms with Crippen molar-refractivity contribution in [1.82, 2.24) is 0 Å². The normalized spacial score (nSPS) is 15.1. The predicted octanol–water partition coefficient (Wildman–Crippen LogP) is 3.23. The summed E-state index contributed by atoms with van der Waals surface area (Å²) in [6, 6.07) is 0. The third-order valence-corrected chi connectivity index (χ3v) is 1.85. The van der Waals surface area contributed by atoms with Crippen molar-refractivity contribution in [1.29, 1.82) is 0 Å². The first-order valence-electron chi connectivity index (χ1n) is 6.69. The van der Waals surface area contributed by atoms with E-state index in [0.717, 1.165) is 0 Å². The number of carboxylic acid groups (broad SMARTS) is 1. The molecule has 1 N–H and O–H groups in total. The fraction of sp³-hybridized carbons (Fsp3) is 0.235. The molecule has 2 aliphatic carbocycles. The maximum atomic E-state index is 10.6. The van der Waals surface area contributed by atoms with Crippen LogP contribution in [-0.4, -0.2) is 28.8 Å². The van der Waals surface area contributed by atoms with Crippen molar-refractivity contribution in [3.63, 3.8) is 0 Å². The van der Waals surface area contributed by atoms with Crippen LogP contribution in [0.3, 0.4) is 0 Å². The van der Waals surface area contributed by atoms with Crippen LogP contribution in [0.2, 0.25) is 0 Å². The summed E-state index contributed by atoms with van der Waals surface area (Å²) in [7, 11) is 0. The van der Waals surface area contributed by atoms with E-state index in [1.165, 1.54) is 13.8 Å². The van der Waals surface area contributed by atoms with Crippen LogP contribution in [0.5, 0.6) is 0 Å². The summed E-state index contributed by atoms with van der Waals surface area (Å²) in [4.78, 5) is 29.0. The number of halogens is 3. The second-order valence-corrected chi connectivity index (χ2v) is 4.31. The van der Waals surface area contributed by atoms with E-state index in [4.69, 9.17) is 9.90 Å². The van der Waals surface area contributed by atoms with E-state index in [-0.39, 0.29) is 36.5 Å². The molecule has 11 radical (unpaired) electrons. The Kier molecular flexibility index (Phi) is 20.8. The maximum Gasteiger partial charge on any atom is 4.00 e. The van der Waals surface area contributed by atoms with Gasteiger partial charge in [0.25, 0.3) is 0 Å². The van der Waals surface area contributed by atoms with Gasteiger partial charge < -0.3 is 5.11 Å². The van der Waals surface area contributed by atoms with Gasteiger partial charge in [-0.1, -0.05) is 0 Å². The molecule has 2 fully saturated rings. The molecular weight excluding hydrogens is 376 g/mol. The molecule has 8 heteroatoms. The number of carbonyl (C=O) groups excluding carboxylic acids is 2. The van der Waals surface area contributed by atoms with Crippen LogP contribution in [-0.2, 0) is 32.9 Å². The predicted molar refractivity (Wildman–Crippen MR) is 82.7 cm³/mol. The molecule has 0 saturated heterocycles. The first-order valence-corrected chi connectivity index (χ1v) is 6.69. The summed E-state index contributed by atoms with van der Waals surface area (Å²) in [5, 5.41) is 7.12. The van der Waals surface area contributed by atoms with Crippen LogP contribution in [0.4, 0.5) is 13.2 Å². The second kappa shape index (κ2) is 18.0. The number of carboxylic acids is 1. The van der Waals surface area contributed by atoms with Crippen LogP contribution >= 0.6 is 0 Å². The molecule has 2 saturated carbocycles. The number of alkyl halides is 3. The van der Waals surface area contributed by atoms with Crippen molar-refractivity contribution < 1.29 is 51.2 Å². The summed E-state index contributed by atoms with van der Waals surface area (Å²) in [6.07, 6.45) is 15.0. The van der Waals surface area contributed by atoms with Gasteiger partial charge in [0.1, 0.15) is 11.6 Å².